The van der Waals surface area contributed by atoms with Crippen LogP contribution in [-0.4, -0.2) is 23.3 Å². The van der Waals surface area contributed by atoms with Gasteiger partial charge in [0.05, 0.1) is 10.5 Å². The Morgan fingerprint density at radius 1 is 0.759 bits per heavy atom. The number of hydrogen-bond acceptors (Lipinski definition) is 3. The molecule has 0 bridgehead atoms. The highest BCUT2D eigenvalue weighted by Crippen LogP contribution is 2.37. The molecule has 3 nitrogen and oxygen atoms in total. The van der Waals surface area contributed by atoms with E-state index in [0.29, 0.717) is 22.8 Å². The van der Waals surface area contributed by atoms with E-state index in [-0.39, 0.29) is 11.8 Å². The SMILES string of the molecule is CCCCCCCCN1C(=O)C(SCc2ccccc2)=C(c2ccccc2)C1=O. The molecule has 0 aliphatic carbocycles. The van der Waals surface area contributed by atoms with Crippen molar-refractivity contribution >= 4 is 29.1 Å². The molecule has 152 valence electrons. The van der Waals surface area contributed by atoms with E-state index in [0.717, 1.165) is 24.0 Å². The van der Waals surface area contributed by atoms with Gasteiger partial charge in [-0.25, -0.2) is 0 Å². The summed E-state index contributed by atoms with van der Waals surface area (Å²) in [5, 5.41) is 0. The summed E-state index contributed by atoms with van der Waals surface area (Å²) >= 11 is 1.47. The van der Waals surface area contributed by atoms with Crippen molar-refractivity contribution in [3.8, 4) is 0 Å². The summed E-state index contributed by atoms with van der Waals surface area (Å²) in [5.74, 6) is 0.393. The molecule has 1 aliphatic heterocycles. The number of amides is 2. The first-order chi connectivity index (χ1) is 14.2. The minimum absolute atomic E-state index is 0.136. The minimum Gasteiger partial charge on any atom is -0.274 e. The van der Waals surface area contributed by atoms with Gasteiger partial charge in [0.25, 0.3) is 11.8 Å². The van der Waals surface area contributed by atoms with Crippen LogP contribution in [0.4, 0.5) is 0 Å². The lowest BCUT2D eigenvalue weighted by Gasteiger charge is -2.15. The molecule has 0 spiro atoms. The van der Waals surface area contributed by atoms with Crippen LogP contribution in [0.5, 0.6) is 0 Å². The van der Waals surface area contributed by atoms with Gasteiger partial charge in [-0.05, 0) is 17.5 Å². The topological polar surface area (TPSA) is 37.4 Å². The maximum Gasteiger partial charge on any atom is 0.267 e. The van der Waals surface area contributed by atoms with Gasteiger partial charge in [-0.3, -0.25) is 14.5 Å². The van der Waals surface area contributed by atoms with Crippen molar-refractivity contribution < 1.29 is 9.59 Å². The number of thioether (sulfide) groups is 1. The van der Waals surface area contributed by atoms with Gasteiger partial charge in [-0.2, -0.15) is 0 Å². The van der Waals surface area contributed by atoms with Gasteiger partial charge in [0, 0.05) is 12.3 Å². The molecule has 2 aromatic rings. The summed E-state index contributed by atoms with van der Waals surface area (Å²) in [5.41, 5.74) is 2.53. The fourth-order valence-corrected chi connectivity index (χ4v) is 4.62. The Morgan fingerprint density at radius 3 is 2.07 bits per heavy atom. The second kappa shape index (κ2) is 11.0. The summed E-state index contributed by atoms with van der Waals surface area (Å²) in [6.07, 6.45) is 6.80. The predicted molar refractivity (Wildman–Crippen MR) is 121 cm³/mol. The van der Waals surface area contributed by atoms with Gasteiger partial charge < -0.3 is 0 Å². The fourth-order valence-electron chi connectivity index (χ4n) is 3.53. The molecular formula is C25H29NO2S. The molecule has 1 aliphatic rings. The Morgan fingerprint density at radius 2 is 1.38 bits per heavy atom. The summed E-state index contributed by atoms with van der Waals surface area (Å²) in [4.78, 5) is 28.3. The third kappa shape index (κ3) is 5.60. The summed E-state index contributed by atoms with van der Waals surface area (Å²) in [6.45, 7) is 2.71. The average molecular weight is 408 g/mol. The molecule has 0 unspecified atom stereocenters. The molecular weight excluding hydrogens is 378 g/mol. The zero-order valence-electron chi connectivity index (χ0n) is 17.1. The molecule has 2 amide bonds. The van der Waals surface area contributed by atoms with Crippen molar-refractivity contribution in [2.45, 2.75) is 51.2 Å². The molecule has 3 rings (SSSR count). The Bertz CT molecular complexity index is 846. The molecule has 0 aromatic heterocycles. The van der Waals surface area contributed by atoms with Crippen molar-refractivity contribution in [2.24, 2.45) is 0 Å². The molecule has 29 heavy (non-hydrogen) atoms. The Hall–Kier alpha value is -2.33. The first kappa shape index (κ1) is 21.4. The number of imide groups is 1. The Kier molecular flexibility index (Phi) is 8.12. The second-order valence-electron chi connectivity index (χ2n) is 7.37. The van der Waals surface area contributed by atoms with Gasteiger partial charge in [0.15, 0.2) is 0 Å². The molecule has 0 fully saturated rings. The van der Waals surface area contributed by atoms with E-state index in [1.165, 1.54) is 42.3 Å². The largest absolute Gasteiger partial charge is 0.274 e. The van der Waals surface area contributed by atoms with Crippen molar-refractivity contribution in [3.63, 3.8) is 0 Å². The molecule has 2 aromatic carbocycles. The number of hydrogen-bond donors (Lipinski definition) is 0. The van der Waals surface area contributed by atoms with E-state index in [4.69, 9.17) is 0 Å². The predicted octanol–water partition coefficient (Wildman–Crippen LogP) is 6.06. The number of carbonyl (C=O) groups is 2. The Labute approximate surface area is 178 Å². The highest BCUT2D eigenvalue weighted by Gasteiger charge is 2.38. The van der Waals surface area contributed by atoms with Crippen LogP contribution in [0.2, 0.25) is 0 Å². The molecule has 0 saturated carbocycles. The highest BCUT2D eigenvalue weighted by molar-refractivity contribution is 8.03. The van der Waals surface area contributed by atoms with Crippen LogP contribution in [-0.2, 0) is 15.3 Å². The number of carbonyl (C=O) groups excluding carboxylic acids is 2. The van der Waals surface area contributed by atoms with Crippen LogP contribution in [0, 0.1) is 0 Å². The van der Waals surface area contributed by atoms with E-state index in [9.17, 15) is 9.59 Å². The van der Waals surface area contributed by atoms with Crippen LogP contribution < -0.4 is 0 Å². The minimum atomic E-state index is -0.148. The van der Waals surface area contributed by atoms with Crippen LogP contribution in [0.1, 0.15) is 56.6 Å². The third-order valence-electron chi connectivity index (χ3n) is 5.15. The second-order valence-corrected chi connectivity index (χ2v) is 8.36. The van der Waals surface area contributed by atoms with Crippen molar-refractivity contribution in [1.82, 2.24) is 4.90 Å². The number of benzene rings is 2. The van der Waals surface area contributed by atoms with Crippen molar-refractivity contribution in [3.05, 3.63) is 76.7 Å². The molecule has 0 atom stereocenters. The highest BCUT2D eigenvalue weighted by atomic mass is 32.2. The third-order valence-corrected chi connectivity index (χ3v) is 6.29. The first-order valence-electron chi connectivity index (χ1n) is 10.5. The lowest BCUT2D eigenvalue weighted by atomic mass is 10.1. The van der Waals surface area contributed by atoms with Crippen molar-refractivity contribution in [1.29, 1.82) is 0 Å². The number of rotatable bonds is 11. The number of nitrogens with zero attached hydrogens (tertiary/aromatic N) is 1. The molecule has 0 radical (unpaired) electrons. The zero-order chi connectivity index (χ0) is 20.5. The molecule has 4 heteroatoms. The first-order valence-corrected chi connectivity index (χ1v) is 11.5. The van der Waals surface area contributed by atoms with Gasteiger partial charge in [-0.1, -0.05) is 99.7 Å². The van der Waals surface area contributed by atoms with Crippen LogP contribution in [0.25, 0.3) is 5.57 Å². The summed E-state index contributed by atoms with van der Waals surface area (Å²) in [7, 11) is 0. The summed E-state index contributed by atoms with van der Waals surface area (Å²) < 4.78 is 0. The van der Waals surface area contributed by atoms with Crippen LogP contribution in [0.3, 0.4) is 0 Å². The van der Waals surface area contributed by atoms with Gasteiger partial charge in [0.1, 0.15) is 0 Å². The lowest BCUT2D eigenvalue weighted by molar-refractivity contribution is -0.136. The van der Waals surface area contributed by atoms with Crippen LogP contribution >= 0.6 is 11.8 Å². The fraction of sp³-hybridized carbons (Fsp3) is 0.360. The van der Waals surface area contributed by atoms with E-state index in [2.05, 4.69) is 6.92 Å². The average Bonchev–Trinajstić information content (AvgIpc) is 3.00. The van der Waals surface area contributed by atoms with E-state index < -0.39 is 0 Å². The molecule has 0 saturated heterocycles. The van der Waals surface area contributed by atoms with Gasteiger partial charge in [-0.15, -0.1) is 11.8 Å². The monoisotopic (exact) mass is 407 g/mol. The van der Waals surface area contributed by atoms with Crippen molar-refractivity contribution in [2.75, 3.05) is 6.54 Å². The normalized spacial score (nSPS) is 14.2. The molecule has 1 heterocycles. The zero-order valence-corrected chi connectivity index (χ0v) is 17.9. The van der Waals surface area contributed by atoms with Gasteiger partial charge in [0.2, 0.25) is 0 Å². The maximum atomic E-state index is 13.1. The molecule has 0 N–H and O–H groups in total. The smallest absolute Gasteiger partial charge is 0.267 e. The van der Waals surface area contributed by atoms with Gasteiger partial charge >= 0.3 is 0 Å². The van der Waals surface area contributed by atoms with Crippen LogP contribution in [0.15, 0.2) is 65.6 Å². The van der Waals surface area contributed by atoms with E-state index in [1.807, 2.05) is 60.7 Å². The Balaban J connectivity index is 1.72. The number of unbranched alkanes of at least 4 members (excludes halogenated alkanes) is 5. The lowest BCUT2D eigenvalue weighted by Crippen LogP contribution is -2.32. The summed E-state index contributed by atoms with van der Waals surface area (Å²) in [6, 6.07) is 19.6. The quantitative estimate of drug-likeness (QED) is 0.336. The standard InChI is InChI=1S/C25H29NO2S/c1-2-3-4-5-6-13-18-26-24(27)22(21-16-11-8-12-17-21)23(25(26)28)29-19-20-14-9-7-10-15-20/h7-12,14-17H,2-6,13,18-19H2,1H3. The maximum absolute atomic E-state index is 13.1. The van der Waals surface area contributed by atoms with E-state index in [1.54, 1.807) is 0 Å². The van der Waals surface area contributed by atoms with E-state index >= 15 is 0 Å².